The van der Waals surface area contributed by atoms with Gasteiger partial charge in [-0.2, -0.15) is 4.72 Å². The standard InChI is InChI=1S/C21H28N2O3S/c1-6-16-10-7-8-13-19(16)17-11-9-12-18(14-17)27(25,26)22-20(15(2)3)21(24)23(4)5/h7-15,20,22H,6H2,1-5H3. The second-order valence-corrected chi connectivity index (χ2v) is 8.83. The summed E-state index contributed by atoms with van der Waals surface area (Å²) in [6, 6.07) is 14.0. The Morgan fingerprint density at radius 3 is 2.33 bits per heavy atom. The van der Waals surface area contributed by atoms with Crippen LogP contribution in [0.1, 0.15) is 26.3 Å². The number of amides is 1. The van der Waals surface area contributed by atoms with Crippen LogP contribution >= 0.6 is 0 Å². The van der Waals surface area contributed by atoms with Gasteiger partial charge in [0, 0.05) is 14.1 Å². The quantitative estimate of drug-likeness (QED) is 0.791. The lowest BCUT2D eigenvalue weighted by Crippen LogP contribution is -2.49. The van der Waals surface area contributed by atoms with Crippen LogP contribution in [0.15, 0.2) is 53.4 Å². The highest BCUT2D eigenvalue weighted by atomic mass is 32.2. The number of rotatable bonds is 7. The second-order valence-electron chi connectivity index (χ2n) is 7.11. The third-order valence-electron chi connectivity index (χ3n) is 4.51. The maximum Gasteiger partial charge on any atom is 0.241 e. The Morgan fingerprint density at radius 1 is 1.07 bits per heavy atom. The molecule has 1 unspecified atom stereocenters. The Balaban J connectivity index is 2.41. The van der Waals surface area contributed by atoms with E-state index in [0.717, 1.165) is 23.1 Å². The van der Waals surface area contributed by atoms with Gasteiger partial charge in [-0.1, -0.05) is 57.2 Å². The Morgan fingerprint density at radius 2 is 1.74 bits per heavy atom. The summed E-state index contributed by atoms with van der Waals surface area (Å²) < 4.78 is 28.4. The van der Waals surface area contributed by atoms with E-state index in [1.807, 2.05) is 44.2 Å². The number of likely N-dealkylation sites (N-methyl/N-ethyl adjacent to an activating group) is 1. The molecule has 0 aliphatic heterocycles. The number of nitrogens with zero attached hydrogens (tertiary/aromatic N) is 1. The fraction of sp³-hybridized carbons (Fsp3) is 0.381. The molecule has 0 aromatic heterocycles. The van der Waals surface area contributed by atoms with E-state index >= 15 is 0 Å². The van der Waals surface area contributed by atoms with Gasteiger partial charge < -0.3 is 4.90 Å². The SMILES string of the molecule is CCc1ccccc1-c1cccc(S(=O)(=O)NC(C(=O)N(C)C)C(C)C)c1. The minimum Gasteiger partial charge on any atom is -0.347 e. The number of sulfonamides is 1. The van der Waals surface area contributed by atoms with Gasteiger partial charge in [-0.05, 0) is 41.2 Å². The zero-order chi connectivity index (χ0) is 20.2. The molecule has 1 N–H and O–H groups in total. The van der Waals surface area contributed by atoms with Crippen LogP contribution in [-0.4, -0.2) is 39.4 Å². The van der Waals surface area contributed by atoms with E-state index in [1.165, 1.54) is 4.90 Å². The molecule has 27 heavy (non-hydrogen) atoms. The average molecular weight is 389 g/mol. The van der Waals surface area contributed by atoms with Gasteiger partial charge in [0.1, 0.15) is 6.04 Å². The summed E-state index contributed by atoms with van der Waals surface area (Å²) in [6.07, 6.45) is 0.859. The Kier molecular flexibility index (Phi) is 6.78. The molecule has 6 heteroatoms. The molecule has 0 saturated heterocycles. The molecule has 0 aliphatic rings. The van der Waals surface area contributed by atoms with Crippen molar-refractivity contribution in [2.45, 2.75) is 38.1 Å². The molecule has 0 spiro atoms. The van der Waals surface area contributed by atoms with Crippen molar-refractivity contribution in [3.8, 4) is 11.1 Å². The summed E-state index contributed by atoms with van der Waals surface area (Å²) in [5.74, 6) is -0.431. The molecule has 0 fully saturated rings. The Bertz CT molecular complexity index is 905. The summed E-state index contributed by atoms with van der Waals surface area (Å²) in [6.45, 7) is 5.71. The Hall–Kier alpha value is -2.18. The predicted octanol–water partition coefficient (Wildman–Crippen LogP) is 3.31. The molecule has 0 aliphatic carbocycles. The molecular weight excluding hydrogens is 360 g/mol. The maximum atomic E-state index is 12.9. The van der Waals surface area contributed by atoms with Crippen molar-refractivity contribution < 1.29 is 13.2 Å². The molecule has 1 atom stereocenters. The summed E-state index contributed by atoms with van der Waals surface area (Å²) in [5, 5.41) is 0. The van der Waals surface area contributed by atoms with Crippen molar-refractivity contribution in [3.05, 3.63) is 54.1 Å². The van der Waals surface area contributed by atoms with E-state index < -0.39 is 16.1 Å². The van der Waals surface area contributed by atoms with Crippen LogP contribution in [0, 0.1) is 5.92 Å². The number of nitrogens with one attached hydrogen (secondary N) is 1. The van der Waals surface area contributed by atoms with Crippen LogP contribution < -0.4 is 4.72 Å². The molecule has 5 nitrogen and oxygen atoms in total. The first-order chi connectivity index (χ1) is 12.7. The number of carbonyl (C=O) groups is 1. The first-order valence-electron chi connectivity index (χ1n) is 9.09. The average Bonchev–Trinajstić information content (AvgIpc) is 2.65. The molecule has 2 aromatic rings. The molecule has 0 heterocycles. The van der Waals surface area contributed by atoms with E-state index in [-0.39, 0.29) is 16.7 Å². The van der Waals surface area contributed by atoms with Crippen molar-refractivity contribution >= 4 is 15.9 Å². The lowest BCUT2D eigenvalue weighted by molar-refractivity contribution is -0.131. The first-order valence-corrected chi connectivity index (χ1v) is 10.6. The van der Waals surface area contributed by atoms with E-state index in [1.54, 1.807) is 32.3 Å². The summed E-state index contributed by atoms with van der Waals surface area (Å²) >= 11 is 0. The number of hydrogen-bond acceptors (Lipinski definition) is 3. The topological polar surface area (TPSA) is 66.5 Å². The summed E-state index contributed by atoms with van der Waals surface area (Å²) in [5.41, 5.74) is 3.01. The first kappa shape index (κ1) is 21.1. The van der Waals surface area contributed by atoms with Crippen molar-refractivity contribution in [1.29, 1.82) is 0 Å². The number of aryl methyl sites for hydroxylation is 1. The third-order valence-corrected chi connectivity index (χ3v) is 5.95. The van der Waals surface area contributed by atoms with Gasteiger partial charge in [0.15, 0.2) is 0 Å². The number of hydrogen-bond donors (Lipinski definition) is 1. The third kappa shape index (κ3) is 4.96. The fourth-order valence-electron chi connectivity index (χ4n) is 2.93. The maximum absolute atomic E-state index is 12.9. The minimum atomic E-state index is -3.83. The zero-order valence-corrected chi connectivity index (χ0v) is 17.4. The second kappa shape index (κ2) is 8.67. The van der Waals surface area contributed by atoms with Gasteiger partial charge >= 0.3 is 0 Å². The summed E-state index contributed by atoms with van der Waals surface area (Å²) in [7, 11) is -0.592. The molecule has 2 aromatic carbocycles. The number of carbonyl (C=O) groups excluding carboxylic acids is 1. The highest BCUT2D eigenvalue weighted by Gasteiger charge is 2.29. The lowest BCUT2D eigenvalue weighted by atomic mass is 9.98. The van der Waals surface area contributed by atoms with E-state index in [2.05, 4.69) is 11.6 Å². The van der Waals surface area contributed by atoms with Crippen LogP contribution in [0.3, 0.4) is 0 Å². The minimum absolute atomic E-state index is 0.156. The van der Waals surface area contributed by atoms with E-state index in [4.69, 9.17) is 0 Å². The molecule has 0 radical (unpaired) electrons. The largest absolute Gasteiger partial charge is 0.347 e. The lowest BCUT2D eigenvalue weighted by Gasteiger charge is -2.24. The van der Waals surface area contributed by atoms with Crippen LogP contribution in [-0.2, 0) is 21.2 Å². The van der Waals surface area contributed by atoms with Crippen molar-refractivity contribution in [1.82, 2.24) is 9.62 Å². The highest BCUT2D eigenvalue weighted by Crippen LogP contribution is 2.26. The molecule has 1 amide bonds. The Labute approximate surface area is 162 Å². The zero-order valence-electron chi connectivity index (χ0n) is 16.6. The van der Waals surface area contributed by atoms with Crippen LogP contribution in [0.5, 0.6) is 0 Å². The monoisotopic (exact) mass is 388 g/mol. The van der Waals surface area contributed by atoms with Gasteiger partial charge in [-0.25, -0.2) is 8.42 Å². The number of benzene rings is 2. The van der Waals surface area contributed by atoms with Crippen molar-refractivity contribution in [2.24, 2.45) is 5.92 Å². The molecule has 146 valence electrons. The fourth-order valence-corrected chi connectivity index (χ4v) is 4.31. The highest BCUT2D eigenvalue weighted by molar-refractivity contribution is 7.89. The van der Waals surface area contributed by atoms with E-state index in [9.17, 15) is 13.2 Å². The van der Waals surface area contributed by atoms with Crippen molar-refractivity contribution in [2.75, 3.05) is 14.1 Å². The molecule has 0 bridgehead atoms. The molecular formula is C21H28N2O3S. The van der Waals surface area contributed by atoms with Crippen LogP contribution in [0.4, 0.5) is 0 Å². The van der Waals surface area contributed by atoms with Crippen molar-refractivity contribution in [3.63, 3.8) is 0 Å². The van der Waals surface area contributed by atoms with E-state index in [0.29, 0.717) is 0 Å². The van der Waals surface area contributed by atoms with Gasteiger partial charge in [-0.3, -0.25) is 4.79 Å². The van der Waals surface area contributed by atoms with Gasteiger partial charge in [0.25, 0.3) is 0 Å². The van der Waals surface area contributed by atoms with Gasteiger partial charge in [0.05, 0.1) is 4.90 Å². The van der Waals surface area contributed by atoms with Gasteiger partial charge in [-0.15, -0.1) is 0 Å². The molecule has 0 saturated carbocycles. The normalized spacial score (nSPS) is 12.8. The smallest absolute Gasteiger partial charge is 0.241 e. The van der Waals surface area contributed by atoms with Crippen LogP contribution in [0.2, 0.25) is 0 Å². The summed E-state index contributed by atoms with van der Waals surface area (Å²) in [4.78, 5) is 13.9. The molecule has 2 rings (SSSR count). The van der Waals surface area contributed by atoms with Gasteiger partial charge in [0.2, 0.25) is 15.9 Å². The predicted molar refractivity (Wildman–Crippen MR) is 109 cm³/mol. The van der Waals surface area contributed by atoms with Crippen LogP contribution in [0.25, 0.3) is 11.1 Å².